The van der Waals surface area contributed by atoms with E-state index in [1.165, 1.54) is 0 Å². The Balaban J connectivity index is 2.24. The quantitative estimate of drug-likeness (QED) is 0.290. The first-order valence-corrected chi connectivity index (χ1v) is 3.54. The lowest BCUT2D eigenvalue weighted by Gasteiger charge is -2.10. The van der Waals surface area contributed by atoms with Gasteiger partial charge in [-0.05, 0) is 19.3 Å². The maximum Gasteiger partial charge on any atom is 0.185 e. The summed E-state index contributed by atoms with van der Waals surface area (Å²) in [6.07, 6.45) is 3.03. The lowest BCUT2D eigenvalue weighted by atomic mass is 10.2. The predicted molar refractivity (Wildman–Crippen MR) is 40.7 cm³/mol. The van der Waals surface area contributed by atoms with Crippen molar-refractivity contribution in [1.82, 2.24) is 5.32 Å². The molecule has 0 radical (unpaired) electrons. The molecule has 0 saturated heterocycles. The molecule has 0 aromatic carbocycles. The predicted octanol–water partition coefficient (Wildman–Crippen LogP) is -0.651. The van der Waals surface area contributed by atoms with Crippen molar-refractivity contribution in [3.8, 4) is 0 Å². The molecule has 0 aromatic rings. The van der Waals surface area contributed by atoms with Crippen molar-refractivity contribution in [3.05, 3.63) is 0 Å². The summed E-state index contributed by atoms with van der Waals surface area (Å²) in [4.78, 5) is 0. The lowest BCUT2D eigenvalue weighted by molar-refractivity contribution is 0.608. The molecule has 2 atom stereocenters. The zero-order valence-electron chi connectivity index (χ0n) is 5.93. The minimum atomic E-state index is 0.0547. The van der Waals surface area contributed by atoms with E-state index in [1.807, 2.05) is 0 Å². The molecule has 0 aromatic heterocycles. The SMILES string of the molecule is N=C(N)N[C@H]1CC[C@H](N)C1. The van der Waals surface area contributed by atoms with Crippen LogP contribution in [-0.2, 0) is 0 Å². The molecule has 0 heterocycles. The maximum absolute atomic E-state index is 6.95. The number of nitrogens with one attached hydrogen (secondary N) is 2. The van der Waals surface area contributed by atoms with Crippen molar-refractivity contribution in [3.63, 3.8) is 0 Å². The molecule has 1 aliphatic carbocycles. The molecule has 0 bridgehead atoms. The summed E-state index contributed by atoms with van der Waals surface area (Å²) in [7, 11) is 0. The van der Waals surface area contributed by atoms with Crippen molar-refractivity contribution < 1.29 is 0 Å². The fraction of sp³-hybridized carbons (Fsp3) is 0.833. The van der Waals surface area contributed by atoms with Gasteiger partial charge in [-0.1, -0.05) is 0 Å². The van der Waals surface area contributed by atoms with Crippen LogP contribution in [0, 0.1) is 5.41 Å². The van der Waals surface area contributed by atoms with E-state index in [-0.39, 0.29) is 5.96 Å². The molecule has 0 unspecified atom stereocenters. The van der Waals surface area contributed by atoms with Gasteiger partial charge in [-0.2, -0.15) is 0 Å². The summed E-state index contributed by atoms with van der Waals surface area (Å²) in [6, 6.07) is 0.643. The van der Waals surface area contributed by atoms with Gasteiger partial charge in [0.25, 0.3) is 0 Å². The molecular weight excluding hydrogens is 128 g/mol. The Bertz CT molecular complexity index is 134. The highest BCUT2D eigenvalue weighted by Crippen LogP contribution is 2.16. The molecule has 1 rings (SSSR count). The minimum absolute atomic E-state index is 0.0547. The number of hydrogen-bond donors (Lipinski definition) is 4. The lowest BCUT2D eigenvalue weighted by Crippen LogP contribution is -2.38. The monoisotopic (exact) mass is 142 g/mol. The highest BCUT2D eigenvalue weighted by atomic mass is 15.1. The zero-order valence-corrected chi connectivity index (χ0v) is 5.93. The smallest absolute Gasteiger partial charge is 0.185 e. The Kier molecular flexibility index (Phi) is 2.11. The van der Waals surface area contributed by atoms with Crippen LogP contribution in [0.25, 0.3) is 0 Å². The van der Waals surface area contributed by atoms with E-state index in [9.17, 15) is 0 Å². The van der Waals surface area contributed by atoms with Crippen molar-refractivity contribution in [1.29, 1.82) is 5.41 Å². The minimum Gasteiger partial charge on any atom is -0.370 e. The van der Waals surface area contributed by atoms with E-state index in [0.29, 0.717) is 12.1 Å². The van der Waals surface area contributed by atoms with Crippen molar-refractivity contribution in [2.75, 3.05) is 0 Å². The van der Waals surface area contributed by atoms with Crippen LogP contribution in [0.2, 0.25) is 0 Å². The number of guanidine groups is 1. The molecule has 1 aliphatic rings. The first-order valence-electron chi connectivity index (χ1n) is 3.54. The van der Waals surface area contributed by atoms with Gasteiger partial charge in [0.05, 0.1) is 0 Å². The molecule has 4 nitrogen and oxygen atoms in total. The van der Waals surface area contributed by atoms with E-state index >= 15 is 0 Å². The fourth-order valence-corrected chi connectivity index (χ4v) is 1.37. The summed E-state index contributed by atoms with van der Waals surface area (Å²) >= 11 is 0. The molecule has 1 saturated carbocycles. The Morgan fingerprint density at radius 2 is 2.20 bits per heavy atom. The van der Waals surface area contributed by atoms with Gasteiger partial charge in [0.2, 0.25) is 0 Å². The summed E-state index contributed by atoms with van der Waals surface area (Å²) in [6.45, 7) is 0. The highest BCUT2D eigenvalue weighted by Gasteiger charge is 2.21. The fourth-order valence-electron chi connectivity index (χ4n) is 1.37. The van der Waals surface area contributed by atoms with Gasteiger partial charge in [-0.3, -0.25) is 5.41 Å². The van der Waals surface area contributed by atoms with Gasteiger partial charge in [0.15, 0.2) is 5.96 Å². The molecule has 58 valence electrons. The van der Waals surface area contributed by atoms with Crippen molar-refractivity contribution in [2.45, 2.75) is 31.3 Å². The molecule has 4 heteroatoms. The van der Waals surface area contributed by atoms with E-state index in [2.05, 4.69) is 5.32 Å². The van der Waals surface area contributed by atoms with E-state index in [4.69, 9.17) is 16.9 Å². The first-order chi connectivity index (χ1) is 4.68. The zero-order chi connectivity index (χ0) is 7.56. The molecule has 1 fully saturated rings. The van der Waals surface area contributed by atoms with Crippen LogP contribution in [0.15, 0.2) is 0 Å². The molecule has 0 aliphatic heterocycles. The van der Waals surface area contributed by atoms with Crippen molar-refractivity contribution in [2.24, 2.45) is 11.5 Å². The third-order valence-electron chi connectivity index (χ3n) is 1.83. The molecule has 6 N–H and O–H groups in total. The second kappa shape index (κ2) is 2.88. The van der Waals surface area contributed by atoms with Crippen LogP contribution in [0.4, 0.5) is 0 Å². The average molecular weight is 142 g/mol. The normalized spacial score (nSPS) is 32.1. The van der Waals surface area contributed by atoms with Crippen LogP contribution in [-0.4, -0.2) is 18.0 Å². The van der Waals surface area contributed by atoms with Gasteiger partial charge in [-0.25, -0.2) is 0 Å². The number of rotatable bonds is 1. The largest absolute Gasteiger partial charge is 0.370 e. The summed E-state index contributed by atoms with van der Waals surface area (Å²) in [5, 5.41) is 9.80. The third kappa shape index (κ3) is 1.88. The summed E-state index contributed by atoms with van der Waals surface area (Å²) in [5.74, 6) is 0.0547. The Hall–Kier alpha value is -0.770. The van der Waals surface area contributed by atoms with Gasteiger partial charge in [0.1, 0.15) is 0 Å². The van der Waals surface area contributed by atoms with E-state index in [1.54, 1.807) is 0 Å². The second-order valence-electron chi connectivity index (χ2n) is 2.83. The topological polar surface area (TPSA) is 87.9 Å². The summed E-state index contributed by atoms with van der Waals surface area (Å²) in [5.41, 5.74) is 10.8. The Morgan fingerprint density at radius 1 is 1.50 bits per heavy atom. The van der Waals surface area contributed by atoms with Gasteiger partial charge in [0, 0.05) is 12.1 Å². The average Bonchev–Trinajstić information content (AvgIpc) is 2.13. The van der Waals surface area contributed by atoms with Crippen LogP contribution in [0.1, 0.15) is 19.3 Å². The Labute approximate surface area is 60.5 Å². The van der Waals surface area contributed by atoms with Crippen LogP contribution < -0.4 is 16.8 Å². The Morgan fingerprint density at radius 3 is 2.60 bits per heavy atom. The summed E-state index contributed by atoms with van der Waals surface area (Å²) < 4.78 is 0. The number of hydrogen-bond acceptors (Lipinski definition) is 2. The van der Waals surface area contributed by atoms with Crippen LogP contribution >= 0.6 is 0 Å². The second-order valence-corrected chi connectivity index (χ2v) is 2.83. The van der Waals surface area contributed by atoms with Gasteiger partial charge in [-0.15, -0.1) is 0 Å². The van der Waals surface area contributed by atoms with Crippen molar-refractivity contribution >= 4 is 5.96 Å². The molecule has 0 amide bonds. The highest BCUT2D eigenvalue weighted by molar-refractivity contribution is 5.74. The maximum atomic E-state index is 6.95. The third-order valence-corrected chi connectivity index (χ3v) is 1.83. The van der Waals surface area contributed by atoms with Gasteiger partial charge >= 0.3 is 0 Å². The van der Waals surface area contributed by atoms with Crippen LogP contribution in [0.5, 0.6) is 0 Å². The van der Waals surface area contributed by atoms with Crippen LogP contribution in [0.3, 0.4) is 0 Å². The van der Waals surface area contributed by atoms with E-state index in [0.717, 1.165) is 19.3 Å². The molecule has 10 heavy (non-hydrogen) atoms. The molecule has 0 spiro atoms. The standard InChI is InChI=1S/C6H14N4/c7-4-1-2-5(3-4)10-6(8)9/h4-5H,1-3,7H2,(H4,8,9,10)/t4-,5-/m0/s1. The number of nitrogens with two attached hydrogens (primary N) is 2. The van der Waals surface area contributed by atoms with E-state index < -0.39 is 0 Å². The van der Waals surface area contributed by atoms with Gasteiger partial charge < -0.3 is 16.8 Å². The molecular formula is C6H14N4. The first kappa shape index (κ1) is 7.34.